The van der Waals surface area contributed by atoms with E-state index in [4.69, 9.17) is 0 Å². The van der Waals surface area contributed by atoms with Gasteiger partial charge in [-0.1, -0.05) is 47.0 Å². The SMILES string of the molecule is Fc1cc2nc3c(nc2cc1F)SC(=C1Sc2nccnc2S1)S3. The Bertz CT molecular complexity index is 977. The van der Waals surface area contributed by atoms with Gasteiger partial charge < -0.3 is 0 Å². The van der Waals surface area contributed by atoms with E-state index in [1.54, 1.807) is 35.9 Å². The van der Waals surface area contributed by atoms with Gasteiger partial charge in [0.1, 0.15) is 20.1 Å². The van der Waals surface area contributed by atoms with Crippen molar-refractivity contribution in [2.45, 2.75) is 20.1 Å². The van der Waals surface area contributed by atoms with Crippen LogP contribution in [0.2, 0.25) is 0 Å². The number of hydrogen-bond acceptors (Lipinski definition) is 8. The lowest BCUT2D eigenvalue weighted by molar-refractivity contribution is 0.510. The van der Waals surface area contributed by atoms with E-state index in [9.17, 15) is 8.78 Å². The fraction of sp³-hybridized carbons (Fsp3) is 0. The molecule has 0 fully saturated rings. The van der Waals surface area contributed by atoms with E-state index in [1.807, 2.05) is 0 Å². The second-order valence-electron chi connectivity index (χ2n) is 4.74. The lowest BCUT2D eigenvalue weighted by atomic mass is 10.3. The molecule has 2 aliphatic rings. The van der Waals surface area contributed by atoms with Gasteiger partial charge in [0.25, 0.3) is 0 Å². The Kier molecular flexibility index (Phi) is 3.47. The minimum atomic E-state index is -0.916. The Morgan fingerprint density at radius 1 is 0.625 bits per heavy atom. The van der Waals surface area contributed by atoms with E-state index in [2.05, 4.69) is 19.9 Å². The zero-order valence-electron chi connectivity index (χ0n) is 11.5. The maximum Gasteiger partial charge on any atom is 0.161 e. The number of nitrogens with zero attached hydrogens (tertiary/aromatic N) is 4. The summed E-state index contributed by atoms with van der Waals surface area (Å²) in [6.07, 6.45) is 3.34. The summed E-state index contributed by atoms with van der Waals surface area (Å²) in [4.78, 5) is 17.4. The molecule has 10 heteroatoms. The third kappa shape index (κ3) is 2.40. The Morgan fingerprint density at radius 2 is 1.04 bits per heavy atom. The van der Waals surface area contributed by atoms with Crippen LogP contribution in [0.25, 0.3) is 11.0 Å². The molecule has 2 aliphatic heterocycles. The first-order valence-corrected chi connectivity index (χ1v) is 9.87. The molecule has 0 N–H and O–H groups in total. The zero-order chi connectivity index (χ0) is 16.3. The van der Waals surface area contributed by atoms with Gasteiger partial charge in [-0.2, -0.15) is 0 Å². The molecule has 24 heavy (non-hydrogen) atoms. The predicted octanol–water partition coefficient (Wildman–Crippen LogP) is 4.92. The van der Waals surface area contributed by atoms with Crippen molar-refractivity contribution in [2.75, 3.05) is 0 Å². The molecule has 0 amide bonds. The molecule has 0 atom stereocenters. The molecule has 1 aromatic carbocycles. The molecule has 2 aromatic heterocycles. The van der Waals surface area contributed by atoms with Crippen LogP contribution in [0.1, 0.15) is 0 Å². The smallest absolute Gasteiger partial charge is 0.161 e. The lowest BCUT2D eigenvalue weighted by Crippen LogP contribution is -1.92. The molecule has 0 aliphatic carbocycles. The van der Waals surface area contributed by atoms with Crippen LogP contribution in [0, 0.1) is 11.6 Å². The number of hydrogen-bond donors (Lipinski definition) is 0. The molecule has 3 aromatic rings. The molecule has 4 heterocycles. The van der Waals surface area contributed by atoms with Crippen molar-refractivity contribution in [3.05, 3.63) is 44.6 Å². The monoisotopic (exact) mass is 394 g/mol. The average molecular weight is 394 g/mol. The largest absolute Gasteiger partial charge is 0.245 e. The number of fused-ring (bicyclic) bond motifs is 3. The van der Waals surface area contributed by atoms with Gasteiger partial charge in [0.2, 0.25) is 0 Å². The van der Waals surface area contributed by atoms with Gasteiger partial charge in [-0.3, -0.25) is 0 Å². The zero-order valence-corrected chi connectivity index (χ0v) is 14.8. The van der Waals surface area contributed by atoms with Gasteiger partial charge in [0.05, 0.1) is 19.5 Å². The van der Waals surface area contributed by atoms with E-state index in [0.29, 0.717) is 21.1 Å². The molecule has 0 saturated heterocycles. The van der Waals surface area contributed by atoms with E-state index in [1.165, 1.54) is 23.5 Å². The van der Waals surface area contributed by atoms with Crippen molar-refractivity contribution >= 4 is 58.1 Å². The highest BCUT2D eigenvalue weighted by atomic mass is 32.2. The van der Waals surface area contributed by atoms with Gasteiger partial charge in [-0.15, -0.1) is 0 Å². The van der Waals surface area contributed by atoms with Crippen LogP contribution < -0.4 is 0 Å². The van der Waals surface area contributed by atoms with Crippen LogP contribution in [0.3, 0.4) is 0 Å². The van der Waals surface area contributed by atoms with Crippen molar-refractivity contribution in [3.63, 3.8) is 0 Å². The van der Waals surface area contributed by atoms with Crippen molar-refractivity contribution < 1.29 is 8.78 Å². The summed E-state index contributed by atoms with van der Waals surface area (Å²) < 4.78 is 28.9. The molecule has 118 valence electrons. The molecular weight excluding hydrogens is 390 g/mol. The van der Waals surface area contributed by atoms with Gasteiger partial charge in [-0.05, 0) is 0 Å². The Morgan fingerprint density at radius 3 is 1.50 bits per heavy atom. The summed E-state index contributed by atoms with van der Waals surface area (Å²) in [5.41, 5.74) is 0.704. The van der Waals surface area contributed by atoms with Crippen LogP contribution in [0.15, 0.2) is 53.1 Å². The standard InChI is InChI=1S/C14H4F2N4S4/c15-5-3-7-8(4-6(5)16)20-12-11(19-7)23-14(24-12)13-21-9-10(22-13)18-2-1-17-9/h1-4H. The highest BCUT2D eigenvalue weighted by Gasteiger charge is 2.30. The fourth-order valence-corrected chi connectivity index (χ4v) is 7.04. The van der Waals surface area contributed by atoms with Crippen molar-refractivity contribution in [3.8, 4) is 0 Å². The molecule has 0 bridgehead atoms. The topological polar surface area (TPSA) is 51.6 Å². The third-order valence-electron chi connectivity index (χ3n) is 3.20. The van der Waals surface area contributed by atoms with E-state index >= 15 is 0 Å². The Labute approximate surface area is 151 Å². The van der Waals surface area contributed by atoms with E-state index in [0.717, 1.165) is 30.7 Å². The number of halogens is 2. The number of rotatable bonds is 0. The molecule has 0 spiro atoms. The predicted molar refractivity (Wildman–Crippen MR) is 91.9 cm³/mol. The highest BCUT2D eigenvalue weighted by molar-refractivity contribution is 8.30. The number of thioether (sulfide) groups is 4. The third-order valence-corrected chi connectivity index (χ3v) is 8.48. The molecule has 0 unspecified atom stereocenters. The minimum Gasteiger partial charge on any atom is -0.245 e. The minimum absolute atomic E-state index is 0.352. The number of aromatic nitrogens is 4. The maximum absolute atomic E-state index is 13.4. The van der Waals surface area contributed by atoms with Crippen molar-refractivity contribution in [1.29, 1.82) is 0 Å². The average Bonchev–Trinajstić information content (AvgIpc) is 3.17. The second kappa shape index (κ2) is 5.58. The summed E-state index contributed by atoms with van der Waals surface area (Å²) in [6.45, 7) is 0. The summed E-state index contributed by atoms with van der Waals surface area (Å²) >= 11 is 6.10. The van der Waals surface area contributed by atoms with Crippen LogP contribution in [0.4, 0.5) is 8.78 Å². The van der Waals surface area contributed by atoms with Crippen LogP contribution in [-0.2, 0) is 0 Å². The first-order valence-electron chi connectivity index (χ1n) is 6.61. The first-order chi connectivity index (χ1) is 11.7. The van der Waals surface area contributed by atoms with Gasteiger partial charge >= 0.3 is 0 Å². The fourth-order valence-electron chi connectivity index (χ4n) is 2.16. The lowest BCUT2D eigenvalue weighted by Gasteiger charge is -2.00. The van der Waals surface area contributed by atoms with Crippen LogP contribution in [0.5, 0.6) is 0 Å². The van der Waals surface area contributed by atoms with E-state index < -0.39 is 11.6 Å². The summed E-state index contributed by atoms with van der Waals surface area (Å²) in [6, 6.07) is 2.16. The van der Waals surface area contributed by atoms with Crippen molar-refractivity contribution in [2.24, 2.45) is 0 Å². The molecule has 0 radical (unpaired) electrons. The molecule has 4 nitrogen and oxygen atoms in total. The Balaban J connectivity index is 1.55. The summed E-state index contributed by atoms with van der Waals surface area (Å²) in [5.74, 6) is -1.83. The summed E-state index contributed by atoms with van der Waals surface area (Å²) in [7, 11) is 0. The quantitative estimate of drug-likeness (QED) is 0.533. The Hall–Kier alpha value is -1.36. The highest BCUT2D eigenvalue weighted by Crippen LogP contribution is 2.59. The van der Waals surface area contributed by atoms with Crippen molar-refractivity contribution in [1.82, 2.24) is 19.9 Å². The normalized spacial score (nSPS) is 15.9. The van der Waals surface area contributed by atoms with Gasteiger partial charge in [0.15, 0.2) is 11.6 Å². The summed E-state index contributed by atoms with van der Waals surface area (Å²) in [5, 5.41) is 3.19. The van der Waals surface area contributed by atoms with Gasteiger partial charge in [0, 0.05) is 24.5 Å². The molecular formula is C14H4F2N4S4. The molecule has 5 rings (SSSR count). The first kappa shape index (κ1) is 14.9. The second-order valence-corrected chi connectivity index (χ2v) is 9.25. The van der Waals surface area contributed by atoms with Gasteiger partial charge in [-0.25, -0.2) is 28.7 Å². The van der Waals surface area contributed by atoms with Crippen LogP contribution in [-0.4, -0.2) is 19.9 Å². The molecule has 0 saturated carbocycles. The number of benzene rings is 1. The van der Waals surface area contributed by atoms with E-state index in [-0.39, 0.29) is 0 Å². The van der Waals surface area contributed by atoms with Crippen LogP contribution >= 0.6 is 47.0 Å². The maximum atomic E-state index is 13.4.